The standard InChI is InChI=1S/C16H25ClN2O/c1-3-7-18-16-12-20-11-14(16)10-19(2)9-13-5-4-6-15(17)8-13/h4-6,8,14,16,18H,3,7,9-12H2,1-2H3. The molecular weight excluding hydrogens is 272 g/mol. The lowest BCUT2D eigenvalue weighted by atomic mass is 10.0. The van der Waals surface area contributed by atoms with Gasteiger partial charge >= 0.3 is 0 Å². The molecule has 0 spiro atoms. The van der Waals surface area contributed by atoms with E-state index in [-0.39, 0.29) is 0 Å². The molecule has 20 heavy (non-hydrogen) atoms. The van der Waals surface area contributed by atoms with Gasteiger partial charge in [-0.3, -0.25) is 0 Å². The van der Waals surface area contributed by atoms with Crippen LogP contribution in [0.1, 0.15) is 18.9 Å². The van der Waals surface area contributed by atoms with Gasteiger partial charge in [0.05, 0.1) is 13.2 Å². The quantitative estimate of drug-likeness (QED) is 0.837. The zero-order chi connectivity index (χ0) is 14.4. The molecule has 4 heteroatoms. The summed E-state index contributed by atoms with van der Waals surface area (Å²) in [4.78, 5) is 2.35. The Balaban J connectivity index is 1.82. The zero-order valence-electron chi connectivity index (χ0n) is 12.4. The maximum atomic E-state index is 6.03. The summed E-state index contributed by atoms with van der Waals surface area (Å²) >= 11 is 6.03. The van der Waals surface area contributed by atoms with Gasteiger partial charge in [0.1, 0.15) is 0 Å². The van der Waals surface area contributed by atoms with E-state index in [1.165, 1.54) is 12.0 Å². The molecule has 2 unspecified atom stereocenters. The molecule has 1 heterocycles. The molecule has 1 N–H and O–H groups in total. The number of rotatable bonds is 7. The third kappa shape index (κ3) is 4.74. The first-order valence-corrected chi connectivity index (χ1v) is 7.81. The van der Waals surface area contributed by atoms with E-state index in [1.807, 2.05) is 18.2 Å². The highest BCUT2D eigenvalue weighted by Crippen LogP contribution is 2.17. The summed E-state index contributed by atoms with van der Waals surface area (Å²) in [5, 5.41) is 4.39. The average molecular weight is 297 g/mol. The fourth-order valence-electron chi connectivity index (χ4n) is 2.75. The van der Waals surface area contributed by atoms with Crippen molar-refractivity contribution in [2.45, 2.75) is 25.9 Å². The number of hydrogen-bond donors (Lipinski definition) is 1. The van der Waals surface area contributed by atoms with Crippen LogP contribution in [0.25, 0.3) is 0 Å². The molecule has 0 amide bonds. The first-order chi connectivity index (χ1) is 9.69. The maximum Gasteiger partial charge on any atom is 0.0623 e. The average Bonchev–Trinajstić information content (AvgIpc) is 2.83. The number of nitrogens with one attached hydrogen (secondary N) is 1. The van der Waals surface area contributed by atoms with E-state index in [0.29, 0.717) is 12.0 Å². The molecule has 1 aliphatic rings. The van der Waals surface area contributed by atoms with Gasteiger partial charge in [-0.15, -0.1) is 0 Å². The smallest absolute Gasteiger partial charge is 0.0623 e. The van der Waals surface area contributed by atoms with Gasteiger partial charge in [-0.2, -0.15) is 0 Å². The lowest BCUT2D eigenvalue weighted by molar-refractivity contribution is 0.172. The van der Waals surface area contributed by atoms with Crippen LogP contribution in [-0.2, 0) is 11.3 Å². The zero-order valence-corrected chi connectivity index (χ0v) is 13.2. The molecule has 0 bridgehead atoms. The molecule has 1 aliphatic heterocycles. The first kappa shape index (κ1) is 15.8. The molecule has 112 valence electrons. The molecule has 1 saturated heterocycles. The number of ether oxygens (including phenoxy) is 1. The van der Waals surface area contributed by atoms with Crippen LogP contribution in [0.5, 0.6) is 0 Å². The Hall–Kier alpha value is -0.610. The topological polar surface area (TPSA) is 24.5 Å². The summed E-state index contributed by atoms with van der Waals surface area (Å²) in [5.41, 5.74) is 1.26. The van der Waals surface area contributed by atoms with Crippen LogP contribution in [0, 0.1) is 5.92 Å². The van der Waals surface area contributed by atoms with Gasteiger partial charge in [-0.05, 0) is 37.7 Å². The lowest BCUT2D eigenvalue weighted by Gasteiger charge is -2.25. The van der Waals surface area contributed by atoms with E-state index in [4.69, 9.17) is 16.3 Å². The van der Waals surface area contributed by atoms with Gasteiger partial charge in [0.25, 0.3) is 0 Å². The molecule has 0 aliphatic carbocycles. The molecule has 0 radical (unpaired) electrons. The van der Waals surface area contributed by atoms with Crippen LogP contribution in [0.4, 0.5) is 0 Å². The van der Waals surface area contributed by atoms with Crippen molar-refractivity contribution in [2.75, 3.05) is 33.4 Å². The highest BCUT2D eigenvalue weighted by Gasteiger charge is 2.28. The Morgan fingerprint density at radius 3 is 3.00 bits per heavy atom. The Morgan fingerprint density at radius 1 is 1.40 bits per heavy atom. The SMILES string of the molecule is CCCNC1COCC1CN(C)Cc1cccc(Cl)c1. The highest BCUT2D eigenvalue weighted by molar-refractivity contribution is 6.30. The van der Waals surface area contributed by atoms with Crippen molar-refractivity contribution in [3.63, 3.8) is 0 Å². The predicted octanol–water partition coefficient (Wildman–Crippen LogP) is 2.79. The van der Waals surface area contributed by atoms with Crippen LogP contribution < -0.4 is 5.32 Å². The summed E-state index contributed by atoms with van der Waals surface area (Å²) in [5.74, 6) is 0.575. The molecular formula is C16H25ClN2O. The number of benzene rings is 1. The van der Waals surface area contributed by atoms with E-state index < -0.39 is 0 Å². The third-order valence-corrected chi connectivity index (χ3v) is 3.98. The third-order valence-electron chi connectivity index (χ3n) is 3.74. The fourth-order valence-corrected chi connectivity index (χ4v) is 2.96. The Morgan fingerprint density at radius 2 is 2.25 bits per heavy atom. The summed E-state index contributed by atoms with van der Waals surface area (Å²) in [7, 11) is 2.16. The number of halogens is 1. The summed E-state index contributed by atoms with van der Waals surface area (Å²) < 4.78 is 5.63. The minimum Gasteiger partial charge on any atom is -0.379 e. The first-order valence-electron chi connectivity index (χ1n) is 7.43. The number of hydrogen-bond acceptors (Lipinski definition) is 3. The summed E-state index contributed by atoms with van der Waals surface area (Å²) in [6, 6.07) is 8.59. The molecule has 0 aromatic heterocycles. The molecule has 2 rings (SSSR count). The van der Waals surface area contributed by atoms with Crippen molar-refractivity contribution in [2.24, 2.45) is 5.92 Å². The van der Waals surface area contributed by atoms with Crippen LogP contribution in [0.3, 0.4) is 0 Å². The monoisotopic (exact) mass is 296 g/mol. The van der Waals surface area contributed by atoms with Crippen LogP contribution in [0.15, 0.2) is 24.3 Å². The van der Waals surface area contributed by atoms with E-state index in [9.17, 15) is 0 Å². The predicted molar refractivity (Wildman–Crippen MR) is 84.2 cm³/mol. The van der Waals surface area contributed by atoms with Gasteiger partial charge in [0, 0.05) is 30.1 Å². The van der Waals surface area contributed by atoms with E-state index in [2.05, 4.69) is 30.3 Å². The molecule has 1 aromatic carbocycles. The van der Waals surface area contributed by atoms with Gasteiger partial charge in [0.15, 0.2) is 0 Å². The largest absolute Gasteiger partial charge is 0.379 e. The van der Waals surface area contributed by atoms with Gasteiger partial charge in [-0.25, -0.2) is 0 Å². The van der Waals surface area contributed by atoms with E-state index in [0.717, 1.165) is 37.9 Å². The van der Waals surface area contributed by atoms with Crippen LogP contribution in [-0.4, -0.2) is 44.3 Å². The molecule has 0 saturated carbocycles. The molecule has 2 atom stereocenters. The number of nitrogens with zero attached hydrogens (tertiary/aromatic N) is 1. The molecule has 3 nitrogen and oxygen atoms in total. The Kier molecular flexibility index (Phi) is 6.30. The fraction of sp³-hybridized carbons (Fsp3) is 0.625. The Labute approximate surface area is 127 Å². The molecule has 1 aromatic rings. The summed E-state index contributed by atoms with van der Waals surface area (Å²) in [6.45, 7) is 6.95. The summed E-state index contributed by atoms with van der Waals surface area (Å²) in [6.07, 6.45) is 1.17. The second-order valence-electron chi connectivity index (χ2n) is 5.68. The Bertz CT molecular complexity index is 413. The van der Waals surface area contributed by atoms with Crippen molar-refractivity contribution in [3.05, 3.63) is 34.9 Å². The van der Waals surface area contributed by atoms with Crippen molar-refractivity contribution in [3.8, 4) is 0 Å². The van der Waals surface area contributed by atoms with Gasteiger partial charge < -0.3 is 15.0 Å². The minimum atomic E-state index is 0.497. The van der Waals surface area contributed by atoms with Crippen molar-refractivity contribution >= 4 is 11.6 Å². The second kappa shape index (κ2) is 7.99. The van der Waals surface area contributed by atoms with Crippen LogP contribution in [0.2, 0.25) is 5.02 Å². The van der Waals surface area contributed by atoms with Crippen molar-refractivity contribution < 1.29 is 4.74 Å². The highest BCUT2D eigenvalue weighted by atomic mass is 35.5. The maximum absolute atomic E-state index is 6.03. The lowest BCUT2D eigenvalue weighted by Crippen LogP contribution is -2.40. The molecule has 1 fully saturated rings. The van der Waals surface area contributed by atoms with E-state index >= 15 is 0 Å². The van der Waals surface area contributed by atoms with E-state index in [1.54, 1.807) is 0 Å². The van der Waals surface area contributed by atoms with Gasteiger partial charge in [0.2, 0.25) is 0 Å². The second-order valence-corrected chi connectivity index (χ2v) is 6.12. The minimum absolute atomic E-state index is 0.497. The van der Waals surface area contributed by atoms with Crippen LogP contribution >= 0.6 is 11.6 Å². The normalized spacial score (nSPS) is 22.6. The van der Waals surface area contributed by atoms with Gasteiger partial charge in [-0.1, -0.05) is 30.7 Å². The van der Waals surface area contributed by atoms with Crippen molar-refractivity contribution in [1.29, 1.82) is 0 Å². The van der Waals surface area contributed by atoms with Crippen molar-refractivity contribution in [1.82, 2.24) is 10.2 Å².